The van der Waals surface area contributed by atoms with Gasteiger partial charge in [0, 0.05) is 25.7 Å². The van der Waals surface area contributed by atoms with E-state index in [4.69, 9.17) is 16.7 Å². The molecule has 1 saturated heterocycles. The van der Waals surface area contributed by atoms with Crippen molar-refractivity contribution in [1.82, 2.24) is 9.78 Å². The zero-order valence-corrected chi connectivity index (χ0v) is 10.1. The summed E-state index contributed by atoms with van der Waals surface area (Å²) in [5, 5.41) is 13.6. The molecule has 17 heavy (non-hydrogen) atoms. The Morgan fingerprint density at radius 1 is 1.59 bits per heavy atom. The van der Waals surface area contributed by atoms with E-state index in [1.54, 1.807) is 4.68 Å². The van der Waals surface area contributed by atoms with Crippen LogP contribution in [0.4, 0.5) is 11.6 Å². The van der Waals surface area contributed by atoms with Crippen molar-refractivity contribution < 1.29 is 0 Å². The van der Waals surface area contributed by atoms with Crippen LogP contribution in [-0.4, -0.2) is 28.9 Å². The lowest BCUT2D eigenvalue weighted by atomic mass is 10.1. The predicted octanol–water partition coefficient (Wildman–Crippen LogP) is 0.284. The van der Waals surface area contributed by atoms with Crippen LogP contribution < -0.4 is 16.4 Å². The summed E-state index contributed by atoms with van der Waals surface area (Å²) in [6, 6.07) is 2.30. The molecule has 2 heterocycles. The van der Waals surface area contributed by atoms with Crippen molar-refractivity contribution >= 4 is 11.6 Å². The van der Waals surface area contributed by atoms with Crippen LogP contribution >= 0.6 is 0 Å². The highest BCUT2D eigenvalue weighted by molar-refractivity contribution is 5.65. The number of aromatic nitrogens is 2. The summed E-state index contributed by atoms with van der Waals surface area (Å²) in [4.78, 5) is 2.06. The van der Waals surface area contributed by atoms with Crippen molar-refractivity contribution in [2.75, 3.05) is 23.7 Å². The van der Waals surface area contributed by atoms with Crippen LogP contribution in [0.5, 0.6) is 0 Å². The molecule has 1 unspecified atom stereocenters. The van der Waals surface area contributed by atoms with Crippen molar-refractivity contribution in [3.05, 3.63) is 5.56 Å². The maximum absolute atomic E-state index is 9.16. The third-order valence-electron chi connectivity index (χ3n) is 3.14. The molecular weight excluding hydrogens is 216 g/mol. The molecule has 0 aromatic carbocycles. The van der Waals surface area contributed by atoms with E-state index in [0.717, 1.165) is 25.9 Å². The van der Waals surface area contributed by atoms with Gasteiger partial charge in [-0.2, -0.15) is 10.4 Å². The lowest BCUT2D eigenvalue weighted by molar-refractivity contribution is 0.500. The van der Waals surface area contributed by atoms with E-state index in [9.17, 15) is 0 Å². The van der Waals surface area contributed by atoms with Gasteiger partial charge in [-0.1, -0.05) is 0 Å². The Morgan fingerprint density at radius 3 is 2.94 bits per heavy atom. The van der Waals surface area contributed by atoms with Gasteiger partial charge in [0.2, 0.25) is 0 Å². The van der Waals surface area contributed by atoms with Gasteiger partial charge < -0.3 is 16.4 Å². The van der Waals surface area contributed by atoms with Crippen molar-refractivity contribution in [2.45, 2.75) is 32.4 Å². The van der Waals surface area contributed by atoms with Gasteiger partial charge in [-0.25, -0.2) is 4.68 Å². The second kappa shape index (κ2) is 4.63. The lowest BCUT2D eigenvalue weighted by Gasteiger charge is -2.30. The van der Waals surface area contributed by atoms with Gasteiger partial charge in [0.05, 0.1) is 0 Å². The van der Waals surface area contributed by atoms with E-state index in [1.165, 1.54) is 0 Å². The highest BCUT2D eigenvalue weighted by Crippen LogP contribution is 2.26. The molecule has 1 fully saturated rings. The largest absolute Gasteiger partial charge is 0.383 e. The zero-order chi connectivity index (χ0) is 12.4. The molecule has 0 saturated carbocycles. The second-order valence-electron chi connectivity index (χ2n) is 4.36. The Bertz CT molecular complexity index is 444. The van der Waals surface area contributed by atoms with Gasteiger partial charge in [0.1, 0.15) is 17.5 Å². The van der Waals surface area contributed by atoms with Crippen LogP contribution in [0.1, 0.15) is 25.3 Å². The molecular formula is C11H18N6. The number of aryl methyl sites for hydroxylation is 1. The quantitative estimate of drug-likeness (QED) is 0.766. The maximum Gasteiger partial charge on any atom is 0.170 e. The summed E-state index contributed by atoms with van der Waals surface area (Å²) in [5.41, 5.74) is 12.3. The first kappa shape index (κ1) is 11.7. The summed E-state index contributed by atoms with van der Waals surface area (Å²) < 4.78 is 1.66. The smallest absolute Gasteiger partial charge is 0.170 e. The predicted molar refractivity (Wildman–Crippen MR) is 66.5 cm³/mol. The molecule has 0 amide bonds. The molecule has 1 aliphatic rings. The Labute approximate surface area is 101 Å². The summed E-state index contributed by atoms with van der Waals surface area (Å²) in [6.45, 7) is 4.26. The molecule has 1 aliphatic heterocycles. The first-order chi connectivity index (χ1) is 8.17. The fourth-order valence-corrected chi connectivity index (χ4v) is 2.23. The van der Waals surface area contributed by atoms with Crippen LogP contribution in [-0.2, 0) is 6.54 Å². The molecule has 0 spiro atoms. The number of nitrogens with zero attached hydrogens (tertiary/aromatic N) is 4. The fourth-order valence-electron chi connectivity index (χ4n) is 2.23. The van der Waals surface area contributed by atoms with Gasteiger partial charge >= 0.3 is 0 Å². The van der Waals surface area contributed by atoms with E-state index < -0.39 is 0 Å². The number of nitriles is 1. The third kappa shape index (κ3) is 2.06. The van der Waals surface area contributed by atoms with Gasteiger partial charge in [-0.05, 0) is 19.8 Å². The van der Waals surface area contributed by atoms with E-state index in [0.29, 0.717) is 23.7 Å². The average molecular weight is 234 g/mol. The molecule has 0 bridgehead atoms. The summed E-state index contributed by atoms with van der Waals surface area (Å²) in [7, 11) is 0. The summed E-state index contributed by atoms with van der Waals surface area (Å²) >= 11 is 0. The van der Waals surface area contributed by atoms with Gasteiger partial charge in [-0.15, -0.1) is 0 Å². The molecule has 1 aromatic heterocycles. The molecule has 1 atom stereocenters. The van der Waals surface area contributed by atoms with E-state index >= 15 is 0 Å². The molecule has 1 aromatic rings. The third-order valence-corrected chi connectivity index (χ3v) is 3.14. The van der Waals surface area contributed by atoms with E-state index in [2.05, 4.69) is 16.1 Å². The summed E-state index contributed by atoms with van der Waals surface area (Å²) in [5.74, 6) is 1.13. The number of nitrogen functional groups attached to an aromatic ring is 1. The summed E-state index contributed by atoms with van der Waals surface area (Å²) in [6.07, 6.45) is 2.06. The zero-order valence-electron chi connectivity index (χ0n) is 10.1. The molecule has 0 radical (unpaired) electrons. The molecule has 0 aliphatic carbocycles. The lowest BCUT2D eigenvalue weighted by Crippen LogP contribution is -2.43. The monoisotopic (exact) mass is 234 g/mol. The highest BCUT2D eigenvalue weighted by atomic mass is 15.4. The minimum absolute atomic E-state index is 0.156. The highest BCUT2D eigenvalue weighted by Gasteiger charge is 2.24. The van der Waals surface area contributed by atoms with Crippen LogP contribution in [0.15, 0.2) is 0 Å². The normalized spacial score (nSPS) is 20.3. The van der Waals surface area contributed by atoms with E-state index in [-0.39, 0.29) is 6.04 Å². The van der Waals surface area contributed by atoms with Crippen molar-refractivity contribution in [3.8, 4) is 6.07 Å². The molecule has 4 N–H and O–H groups in total. The number of piperidine rings is 1. The molecule has 2 rings (SSSR count). The van der Waals surface area contributed by atoms with Crippen LogP contribution in [0.25, 0.3) is 0 Å². The fraction of sp³-hybridized carbons (Fsp3) is 0.636. The maximum atomic E-state index is 9.16. The van der Waals surface area contributed by atoms with Crippen molar-refractivity contribution in [3.63, 3.8) is 0 Å². The van der Waals surface area contributed by atoms with Crippen LogP contribution in [0, 0.1) is 11.3 Å². The van der Waals surface area contributed by atoms with Gasteiger partial charge in [0.15, 0.2) is 5.82 Å². The molecule has 92 valence electrons. The van der Waals surface area contributed by atoms with Crippen molar-refractivity contribution in [2.24, 2.45) is 5.73 Å². The van der Waals surface area contributed by atoms with Crippen LogP contribution in [0.2, 0.25) is 0 Å². The first-order valence-corrected chi connectivity index (χ1v) is 5.94. The Hall–Kier alpha value is -1.74. The van der Waals surface area contributed by atoms with Gasteiger partial charge in [0.25, 0.3) is 0 Å². The molecule has 6 heteroatoms. The van der Waals surface area contributed by atoms with E-state index in [1.807, 2.05) is 6.92 Å². The topological polar surface area (TPSA) is 96.9 Å². The van der Waals surface area contributed by atoms with Crippen LogP contribution in [0.3, 0.4) is 0 Å². The Balaban J connectivity index is 2.34. The number of hydrogen-bond acceptors (Lipinski definition) is 5. The standard InChI is InChI=1S/C11H18N6/c1-2-17-10(14)9(6-12)11(15-17)16-5-3-4-8(13)7-16/h8H,2-5,7,13-14H2,1H3. The number of nitrogens with two attached hydrogens (primary N) is 2. The van der Waals surface area contributed by atoms with Gasteiger partial charge in [-0.3, -0.25) is 0 Å². The minimum Gasteiger partial charge on any atom is -0.383 e. The number of anilines is 2. The van der Waals surface area contributed by atoms with Crippen molar-refractivity contribution in [1.29, 1.82) is 5.26 Å². The minimum atomic E-state index is 0.156. The second-order valence-corrected chi connectivity index (χ2v) is 4.36. The molecule has 6 nitrogen and oxygen atoms in total. The Morgan fingerprint density at radius 2 is 2.35 bits per heavy atom. The Kier molecular flexibility index (Phi) is 3.20. The first-order valence-electron chi connectivity index (χ1n) is 5.94. The SMILES string of the molecule is CCn1nc(N2CCCC(N)C2)c(C#N)c1N. The average Bonchev–Trinajstić information content (AvgIpc) is 2.65. The number of rotatable bonds is 2. The number of hydrogen-bond donors (Lipinski definition) is 2.